The van der Waals surface area contributed by atoms with Crippen molar-refractivity contribution in [2.75, 3.05) is 6.61 Å². The summed E-state index contributed by atoms with van der Waals surface area (Å²) < 4.78 is 11.8. The van der Waals surface area contributed by atoms with Gasteiger partial charge in [0, 0.05) is 18.0 Å². The van der Waals surface area contributed by atoms with Crippen molar-refractivity contribution in [1.29, 1.82) is 0 Å². The first kappa shape index (κ1) is 26.7. The number of nitrogens with zero attached hydrogens (tertiary/aromatic N) is 2. The molecule has 0 aliphatic heterocycles. The van der Waals surface area contributed by atoms with Crippen LogP contribution in [0.3, 0.4) is 0 Å². The monoisotopic (exact) mass is 474 g/mol. The van der Waals surface area contributed by atoms with Crippen LogP contribution < -0.4 is 9.47 Å². The van der Waals surface area contributed by atoms with Crippen LogP contribution in [0.4, 0.5) is 0 Å². The minimum atomic E-state index is 0.528. The fourth-order valence-corrected chi connectivity index (χ4v) is 4.01. The quantitative estimate of drug-likeness (QED) is 0.184. The smallest absolute Gasteiger partial charge is 0.159 e. The van der Waals surface area contributed by atoms with Gasteiger partial charge in [0.1, 0.15) is 18.1 Å². The van der Waals surface area contributed by atoms with E-state index in [1.54, 1.807) is 0 Å². The van der Waals surface area contributed by atoms with E-state index in [9.17, 15) is 0 Å². The predicted molar refractivity (Wildman–Crippen MR) is 145 cm³/mol. The number of ether oxygens (including phenoxy) is 2. The molecule has 35 heavy (non-hydrogen) atoms. The molecule has 0 saturated heterocycles. The Kier molecular flexibility index (Phi) is 12.1. The molecule has 4 nitrogen and oxygen atoms in total. The van der Waals surface area contributed by atoms with Gasteiger partial charge in [0.15, 0.2) is 5.82 Å². The van der Waals surface area contributed by atoms with E-state index in [4.69, 9.17) is 9.47 Å². The zero-order valence-electron chi connectivity index (χ0n) is 21.7. The lowest BCUT2D eigenvalue weighted by Crippen LogP contribution is -1.99. The molecule has 0 N–H and O–H groups in total. The number of hydrogen-bond acceptors (Lipinski definition) is 4. The standard InChI is InChI=1S/C31H42N2O2/c1-3-5-7-9-10-11-13-27-23-32-31(33-24-27)28-16-20-30(21-17-28)35-25-26-14-18-29(19-15-26)34-22-12-8-6-4-2/h14-21,23-24H,3-13,22,25H2,1-2H3. The Balaban J connectivity index is 1.39. The zero-order chi connectivity index (χ0) is 24.6. The van der Waals surface area contributed by atoms with Gasteiger partial charge in [-0.1, -0.05) is 77.3 Å². The highest BCUT2D eigenvalue weighted by Crippen LogP contribution is 2.21. The molecule has 0 aliphatic carbocycles. The first-order chi connectivity index (χ1) is 17.3. The van der Waals surface area contributed by atoms with Crippen molar-refractivity contribution < 1.29 is 9.47 Å². The van der Waals surface area contributed by atoms with E-state index in [0.717, 1.165) is 47.9 Å². The molecule has 0 unspecified atom stereocenters. The van der Waals surface area contributed by atoms with E-state index < -0.39 is 0 Å². The topological polar surface area (TPSA) is 44.2 Å². The molecular weight excluding hydrogens is 432 g/mol. The summed E-state index contributed by atoms with van der Waals surface area (Å²) >= 11 is 0. The van der Waals surface area contributed by atoms with Crippen molar-refractivity contribution in [3.8, 4) is 22.9 Å². The Morgan fingerprint density at radius 1 is 0.571 bits per heavy atom. The second-order valence-electron chi connectivity index (χ2n) is 9.30. The van der Waals surface area contributed by atoms with Crippen molar-refractivity contribution in [3.05, 3.63) is 72.1 Å². The molecule has 0 saturated carbocycles. The Bertz CT molecular complexity index is 937. The molecule has 0 bridgehead atoms. The third kappa shape index (κ3) is 10.1. The van der Waals surface area contributed by atoms with Crippen molar-refractivity contribution >= 4 is 0 Å². The van der Waals surface area contributed by atoms with E-state index in [2.05, 4.69) is 35.9 Å². The van der Waals surface area contributed by atoms with Gasteiger partial charge in [-0.05, 0) is 66.8 Å². The van der Waals surface area contributed by atoms with E-state index in [1.807, 2.05) is 48.8 Å². The second kappa shape index (κ2) is 15.9. The molecule has 1 heterocycles. The van der Waals surface area contributed by atoms with Gasteiger partial charge in [0.2, 0.25) is 0 Å². The Morgan fingerprint density at radius 2 is 1.14 bits per heavy atom. The Morgan fingerprint density at radius 3 is 1.83 bits per heavy atom. The molecule has 2 aromatic carbocycles. The van der Waals surface area contributed by atoms with Gasteiger partial charge in [-0.2, -0.15) is 0 Å². The van der Waals surface area contributed by atoms with Crippen LogP contribution in [0.1, 0.15) is 89.2 Å². The molecule has 0 atom stereocenters. The molecule has 0 spiro atoms. The molecule has 1 aromatic heterocycles. The van der Waals surface area contributed by atoms with Gasteiger partial charge in [0.05, 0.1) is 6.61 Å². The fourth-order valence-electron chi connectivity index (χ4n) is 4.01. The van der Waals surface area contributed by atoms with Crippen LogP contribution in [0.2, 0.25) is 0 Å². The highest BCUT2D eigenvalue weighted by Gasteiger charge is 2.04. The summed E-state index contributed by atoms with van der Waals surface area (Å²) in [5.41, 5.74) is 3.35. The van der Waals surface area contributed by atoms with Crippen LogP contribution in [0.25, 0.3) is 11.4 Å². The number of hydrogen-bond donors (Lipinski definition) is 0. The van der Waals surface area contributed by atoms with Crippen LogP contribution in [-0.4, -0.2) is 16.6 Å². The predicted octanol–water partition coefficient (Wildman–Crippen LogP) is 8.58. The van der Waals surface area contributed by atoms with E-state index >= 15 is 0 Å². The molecule has 0 radical (unpaired) electrons. The van der Waals surface area contributed by atoms with Crippen molar-refractivity contribution in [2.24, 2.45) is 0 Å². The van der Waals surface area contributed by atoms with Gasteiger partial charge in [0.25, 0.3) is 0 Å². The third-order valence-corrected chi connectivity index (χ3v) is 6.23. The second-order valence-corrected chi connectivity index (χ2v) is 9.30. The van der Waals surface area contributed by atoms with Gasteiger partial charge in [-0.3, -0.25) is 0 Å². The molecule has 188 valence electrons. The molecule has 0 fully saturated rings. The largest absolute Gasteiger partial charge is 0.494 e. The highest BCUT2D eigenvalue weighted by molar-refractivity contribution is 5.55. The minimum absolute atomic E-state index is 0.528. The van der Waals surface area contributed by atoms with Gasteiger partial charge in [-0.15, -0.1) is 0 Å². The van der Waals surface area contributed by atoms with Crippen LogP contribution in [0, 0.1) is 0 Å². The number of rotatable bonds is 17. The average Bonchev–Trinajstić information content (AvgIpc) is 2.91. The maximum absolute atomic E-state index is 5.97. The number of benzene rings is 2. The Hall–Kier alpha value is -2.88. The minimum Gasteiger partial charge on any atom is -0.494 e. The van der Waals surface area contributed by atoms with Crippen LogP contribution in [-0.2, 0) is 13.0 Å². The number of aryl methyl sites for hydroxylation is 1. The summed E-state index contributed by atoms with van der Waals surface area (Å²) in [5.74, 6) is 2.52. The lowest BCUT2D eigenvalue weighted by molar-refractivity contribution is 0.300. The molecule has 0 amide bonds. The zero-order valence-corrected chi connectivity index (χ0v) is 21.7. The number of unbranched alkanes of at least 4 members (excludes halogenated alkanes) is 8. The molecule has 4 heteroatoms. The lowest BCUT2D eigenvalue weighted by atomic mass is 10.1. The Labute approximate surface area is 212 Å². The summed E-state index contributed by atoms with van der Waals surface area (Å²) in [6.45, 7) is 5.79. The first-order valence-corrected chi connectivity index (χ1v) is 13.5. The molecule has 0 aliphatic rings. The van der Waals surface area contributed by atoms with E-state index in [-0.39, 0.29) is 0 Å². The van der Waals surface area contributed by atoms with Crippen molar-refractivity contribution in [3.63, 3.8) is 0 Å². The number of aromatic nitrogens is 2. The van der Waals surface area contributed by atoms with E-state index in [0.29, 0.717) is 6.61 Å². The fraction of sp³-hybridized carbons (Fsp3) is 0.484. The molecule has 3 aromatic rings. The van der Waals surface area contributed by atoms with Crippen LogP contribution in [0.5, 0.6) is 11.5 Å². The summed E-state index contributed by atoms with van der Waals surface area (Å²) in [5, 5.41) is 0. The average molecular weight is 475 g/mol. The lowest BCUT2D eigenvalue weighted by Gasteiger charge is -2.09. The summed E-state index contributed by atoms with van der Waals surface area (Å²) in [7, 11) is 0. The molecular formula is C31H42N2O2. The van der Waals surface area contributed by atoms with E-state index in [1.165, 1.54) is 63.4 Å². The van der Waals surface area contributed by atoms with Crippen LogP contribution >= 0.6 is 0 Å². The maximum atomic E-state index is 5.97. The highest BCUT2D eigenvalue weighted by atomic mass is 16.5. The van der Waals surface area contributed by atoms with Gasteiger partial charge < -0.3 is 9.47 Å². The van der Waals surface area contributed by atoms with Crippen molar-refractivity contribution in [1.82, 2.24) is 9.97 Å². The van der Waals surface area contributed by atoms with Gasteiger partial charge in [-0.25, -0.2) is 9.97 Å². The summed E-state index contributed by atoms with van der Waals surface area (Å²) in [6, 6.07) is 16.2. The molecule has 3 rings (SSSR count). The first-order valence-electron chi connectivity index (χ1n) is 13.5. The maximum Gasteiger partial charge on any atom is 0.159 e. The summed E-state index contributed by atoms with van der Waals surface area (Å²) in [4.78, 5) is 9.16. The summed E-state index contributed by atoms with van der Waals surface area (Å²) in [6.07, 6.45) is 17.7. The van der Waals surface area contributed by atoms with Crippen molar-refractivity contribution in [2.45, 2.75) is 91.1 Å². The third-order valence-electron chi connectivity index (χ3n) is 6.23. The normalized spacial score (nSPS) is 10.9. The van der Waals surface area contributed by atoms with Gasteiger partial charge >= 0.3 is 0 Å². The SMILES string of the molecule is CCCCCCCCc1cnc(-c2ccc(OCc3ccc(OCCCCCC)cc3)cc2)nc1. The van der Waals surface area contributed by atoms with Crippen LogP contribution in [0.15, 0.2) is 60.9 Å².